The molecule has 1 aromatic heterocycles. The molecule has 4 rings (SSSR count). The average molecular weight is 538 g/mol. The molecule has 0 N–H and O–H groups in total. The zero-order valence-corrected chi connectivity index (χ0v) is 23.6. The van der Waals surface area contributed by atoms with Crippen molar-refractivity contribution in [1.29, 1.82) is 0 Å². The second-order valence-corrected chi connectivity index (χ2v) is 16.4. The van der Waals surface area contributed by atoms with Gasteiger partial charge in [0.15, 0.2) is 0 Å². The molecule has 1 nitrogen and oxygen atoms in total. The SMILES string of the molecule is CCc1cc(CCO[Si](c2ccccc2)(c2ccccc2)C(C)(C)C)c2c(C)c(Br)sc2c1. The highest BCUT2D eigenvalue weighted by Crippen LogP contribution is 2.39. The number of thiophene rings is 1. The van der Waals surface area contributed by atoms with E-state index >= 15 is 0 Å². The van der Waals surface area contributed by atoms with Crippen LogP contribution in [0.4, 0.5) is 0 Å². The molecular formula is C29H33BrOSSi. The van der Waals surface area contributed by atoms with Gasteiger partial charge in [0.25, 0.3) is 8.32 Å². The molecule has 4 heteroatoms. The molecule has 4 aromatic rings. The van der Waals surface area contributed by atoms with Crippen LogP contribution in [0.5, 0.6) is 0 Å². The van der Waals surface area contributed by atoms with Crippen molar-refractivity contribution in [2.24, 2.45) is 0 Å². The second-order valence-electron chi connectivity index (χ2n) is 9.74. The lowest BCUT2D eigenvalue weighted by Crippen LogP contribution is -2.66. The predicted octanol–water partition coefficient (Wildman–Crippen LogP) is 7.65. The molecule has 0 unspecified atom stereocenters. The van der Waals surface area contributed by atoms with Gasteiger partial charge in [0.1, 0.15) is 0 Å². The van der Waals surface area contributed by atoms with Gasteiger partial charge in [0.05, 0.1) is 3.79 Å². The van der Waals surface area contributed by atoms with Crippen LogP contribution in [0.15, 0.2) is 76.6 Å². The standard InChI is InChI=1S/C29H33BrOSSi/c1-6-22-19-23(27-21(2)28(30)32-26(27)20-22)17-18-31-33(29(3,4)5,24-13-9-7-10-14-24)25-15-11-8-12-16-25/h7-16,19-20H,6,17-18H2,1-5H3. The largest absolute Gasteiger partial charge is 0.407 e. The fraction of sp³-hybridized carbons (Fsp3) is 0.310. The molecule has 0 saturated heterocycles. The maximum absolute atomic E-state index is 7.17. The van der Waals surface area contributed by atoms with E-state index in [0.29, 0.717) is 6.61 Å². The van der Waals surface area contributed by atoms with Crippen LogP contribution in [0.25, 0.3) is 10.1 Å². The third-order valence-corrected chi connectivity index (χ3v) is 13.8. The van der Waals surface area contributed by atoms with Gasteiger partial charge < -0.3 is 4.43 Å². The van der Waals surface area contributed by atoms with Crippen molar-refractivity contribution in [3.8, 4) is 0 Å². The van der Waals surface area contributed by atoms with Crippen molar-refractivity contribution < 1.29 is 4.43 Å². The van der Waals surface area contributed by atoms with Crippen molar-refractivity contribution in [2.75, 3.05) is 6.61 Å². The van der Waals surface area contributed by atoms with Crippen LogP contribution >= 0.6 is 27.3 Å². The van der Waals surface area contributed by atoms with E-state index in [-0.39, 0.29) is 5.04 Å². The third-order valence-electron chi connectivity index (χ3n) is 6.63. The van der Waals surface area contributed by atoms with Crippen molar-refractivity contribution in [3.63, 3.8) is 0 Å². The Hall–Kier alpha value is -1.72. The minimum atomic E-state index is -2.51. The Bertz CT molecular complexity index is 1190. The summed E-state index contributed by atoms with van der Waals surface area (Å²) in [5.41, 5.74) is 4.15. The Labute approximate surface area is 212 Å². The molecule has 0 amide bonds. The molecule has 0 radical (unpaired) electrons. The van der Waals surface area contributed by atoms with Gasteiger partial charge in [-0.1, -0.05) is 94.4 Å². The lowest BCUT2D eigenvalue weighted by atomic mass is 10.0. The first-order valence-corrected chi connectivity index (χ1v) is 15.2. The number of hydrogen-bond acceptors (Lipinski definition) is 2. The molecule has 0 aliphatic carbocycles. The van der Waals surface area contributed by atoms with Crippen molar-refractivity contribution >= 4 is 56.0 Å². The monoisotopic (exact) mass is 536 g/mol. The van der Waals surface area contributed by atoms with Crippen LogP contribution in [0, 0.1) is 6.92 Å². The molecule has 172 valence electrons. The molecule has 0 aliphatic rings. The van der Waals surface area contributed by atoms with E-state index in [1.165, 1.54) is 40.9 Å². The van der Waals surface area contributed by atoms with Crippen molar-refractivity contribution in [2.45, 2.75) is 52.5 Å². The molecule has 0 atom stereocenters. The normalized spacial score (nSPS) is 12.4. The van der Waals surface area contributed by atoms with E-state index in [4.69, 9.17) is 4.43 Å². The molecule has 0 aliphatic heterocycles. The summed E-state index contributed by atoms with van der Waals surface area (Å²) in [4.78, 5) is 0. The fourth-order valence-electron chi connectivity index (χ4n) is 4.99. The number of fused-ring (bicyclic) bond motifs is 1. The van der Waals surface area contributed by atoms with E-state index in [0.717, 1.165) is 12.8 Å². The lowest BCUT2D eigenvalue weighted by molar-refractivity contribution is 0.302. The zero-order chi connectivity index (χ0) is 23.6. The number of rotatable bonds is 7. The summed E-state index contributed by atoms with van der Waals surface area (Å²) >= 11 is 5.61. The van der Waals surface area contributed by atoms with Gasteiger partial charge >= 0.3 is 0 Å². The van der Waals surface area contributed by atoms with Crippen LogP contribution in [-0.2, 0) is 17.3 Å². The van der Waals surface area contributed by atoms with E-state index in [1.54, 1.807) is 0 Å². The van der Waals surface area contributed by atoms with E-state index in [9.17, 15) is 0 Å². The van der Waals surface area contributed by atoms with Gasteiger partial charge in [0.2, 0.25) is 0 Å². The quantitative estimate of drug-likeness (QED) is 0.220. The van der Waals surface area contributed by atoms with Crippen LogP contribution in [0.2, 0.25) is 5.04 Å². The van der Waals surface area contributed by atoms with Gasteiger partial charge in [-0.05, 0) is 79.2 Å². The Balaban J connectivity index is 1.75. The Morgan fingerprint density at radius 2 is 1.48 bits per heavy atom. The Morgan fingerprint density at radius 3 is 2.00 bits per heavy atom. The molecule has 3 aromatic carbocycles. The summed E-state index contributed by atoms with van der Waals surface area (Å²) in [5, 5.41) is 4.07. The highest BCUT2D eigenvalue weighted by atomic mass is 79.9. The average Bonchev–Trinajstić information content (AvgIpc) is 3.10. The van der Waals surface area contributed by atoms with Gasteiger partial charge in [-0.15, -0.1) is 11.3 Å². The van der Waals surface area contributed by atoms with E-state index in [2.05, 4.69) is 123 Å². The van der Waals surface area contributed by atoms with Crippen LogP contribution in [-0.4, -0.2) is 14.9 Å². The summed E-state index contributed by atoms with van der Waals surface area (Å²) in [6.07, 6.45) is 1.96. The molecule has 0 spiro atoms. The summed E-state index contributed by atoms with van der Waals surface area (Å²) in [6, 6.07) is 26.6. The highest BCUT2D eigenvalue weighted by Gasteiger charge is 2.49. The Morgan fingerprint density at radius 1 is 0.909 bits per heavy atom. The molecule has 33 heavy (non-hydrogen) atoms. The maximum atomic E-state index is 7.17. The summed E-state index contributed by atoms with van der Waals surface area (Å²) in [5.74, 6) is 0. The van der Waals surface area contributed by atoms with Gasteiger partial charge in [-0.3, -0.25) is 0 Å². The molecule has 1 heterocycles. The summed E-state index contributed by atoms with van der Waals surface area (Å²) in [7, 11) is -2.51. The first kappa shape index (κ1) is 24.4. The molecule has 0 bridgehead atoms. The molecular weight excluding hydrogens is 504 g/mol. The third kappa shape index (κ3) is 4.63. The summed E-state index contributed by atoms with van der Waals surface area (Å²) in [6.45, 7) is 12.2. The van der Waals surface area contributed by atoms with Crippen LogP contribution in [0.1, 0.15) is 44.4 Å². The number of halogens is 1. The van der Waals surface area contributed by atoms with Crippen LogP contribution in [0.3, 0.4) is 0 Å². The molecule has 0 saturated carbocycles. The van der Waals surface area contributed by atoms with Gasteiger partial charge in [-0.25, -0.2) is 0 Å². The topological polar surface area (TPSA) is 9.23 Å². The lowest BCUT2D eigenvalue weighted by Gasteiger charge is -2.43. The fourth-order valence-corrected chi connectivity index (χ4v) is 11.3. The van der Waals surface area contributed by atoms with Crippen molar-refractivity contribution in [1.82, 2.24) is 0 Å². The summed E-state index contributed by atoms with van der Waals surface area (Å²) < 4.78 is 9.78. The molecule has 0 fully saturated rings. The smallest absolute Gasteiger partial charge is 0.261 e. The predicted molar refractivity (Wildman–Crippen MR) is 151 cm³/mol. The van der Waals surface area contributed by atoms with Crippen LogP contribution < -0.4 is 10.4 Å². The van der Waals surface area contributed by atoms with E-state index < -0.39 is 8.32 Å². The minimum absolute atomic E-state index is 0.00236. The highest BCUT2D eigenvalue weighted by molar-refractivity contribution is 9.11. The second kappa shape index (κ2) is 9.87. The van der Waals surface area contributed by atoms with Gasteiger partial charge in [-0.2, -0.15) is 0 Å². The Kier molecular flexibility index (Phi) is 7.30. The maximum Gasteiger partial charge on any atom is 0.261 e. The number of hydrogen-bond donors (Lipinski definition) is 0. The van der Waals surface area contributed by atoms with Crippen molar-refractivity contribution in [3.05, 3.63) is 93.3 Å². The van der Waals surface area contributed by atoms with Gasteiger partial charge in [0, 0.05) is 11.3 Å². The first-order valence-electron chi connectivity index (χ1n) is 11.7. The first-order chi connectivity index (χ1) is 15.8. The zero-order valence-electron chi connectivity index (χ0n) is 20.2. The number of benzene rings is 3. The van der Waals surface area contributed by atoms with E-state index in [1.807, 2.05) is 11.3 Å². The minimum Gasteiger partial charge on any atom is -0.407 e. The number of aryl methyl sites for hydroxylation is 2.